The second-order valence-corrected chi connectivity index (χ2v) is 19.1. The van der Waals surface area contributed by atoms with Crippen LogP contribution in [-0.2, 0) is 15.3 Å². The average molecular weight is 775 g/mol. The molecule has 2 heterocycles. The minimum atomic E-state index is -3.75. The Bertz CT molecular complexity index is 2900. The Hall–Kier alpha value is -5.91. The molecule has 0 atom stereocenters. The molecular weight excluding hydrogens is 729 g/mol. The summed E-state index contributed by atoms with van der Waals surface area (Å²) < 4.78 is 31.9. The van der Waals surface area contributed by atoms with E-state index in [9.17, 15) is 8.42 Å². The molecular formula is C53H46N2O2S. The van der Waals surface area contributed by atoms with Crippen LogP contribution in [0.3, 0.4) is 0 Å². The van der Waals surface area contributed by atoms with Crippen LogP contribution in [0.25, 0.3) is 38.6 Å². The van der Waals surface area contributed by atoms with Crippen LogP contribution in [0.2, 0.25) is 0 Å². The largest absolute Gasteiger partial charge is 0.310 e. The fourth-order valence-electron chi connectivity index (χ4n) is 11.7. The van der Waals surface area contributed by atoms with Gasteiger partial charge in [-0.05, 0) is 133 Å². The first kappa shape index (κ1) is 35.3. The van der Waals surface area contributed by atoms with Gasteiger partial charge < -0.3 is 9.47 Å². The van der Waals surface area contributed by atoms with E-state index < -0.39 is 9.84 Å². The Morgan fingerprint density at radius 1 is 0.534 bits per heavy atom. The van der Waals surface area contributed by atoms with Crippen molar-refractivity contribution in [1.82, 2.24) is 4.57 Å². The SMILES string of the molecule is CC1C[C@H]2CC(C)C[C@H](C1)C21c2ccccc2S(=O)(=O)c2ccc(N(c3ccc(-n4c5ccccc5c5ccccc54)cc3)c3ccccc3-c3ccccc3)cc21. The molecule has 7 aromatic carbocycles. The summed E-state index contributed by atoms with van der Waals surface area (Å²) in [4.78, 5) is 3.33. The number of para-hydroxylation sites is 3. The molecule has 11 rings (SSSR count). The summed E-state index contributed by atoms with van der Waals surface area (Å²) in [5.74, 6) is 1.91. The molecule has 58 heavy (non-hydrogen) atoms. The van der Waals surface area contributed by atoms with Crippen LogP contribution in [0.5, 0.6) is 0 Å². The minimum absolute atomic E-state index is 0.353. The Morgan fingerprint density at radius 3 is 1.74 bits per heavy atom. The van der Waals surface area contributed by atoms with Crippen molar-refractivity contribution in [3.05, 3.63) is 181 Å². The summed E-state index contributed by atoms with van der Waals surface area (Å²) in [6.45, 7) is 4.80. The molecule has 286 valence electrons. The van der Waals surface area contributed by atoms with E-state index in [2.05, 4.69) is 169 Å². The summed E-state index contributed by atoms with van der Waals surface area (Å²) in [6, 6.07) is 59.5. The van der Waals surface area contributed by atoms with Crippen LogP contribution in [0.4, 0.5) is 17.1 Å². The maximum Gasteiger partial charge on any atom is 0.207 e. The molecule has 2 bridgehead atoms. The quantitative estimate of drug-likeness (QED) is 0.175. The van der Waals surface area contributed by atoms with Gasteiger partial charge in [0, 0.05) is 38.8 Å². The van der Waals surface area contributed by atoms with Crippen LogP contribution in [0, 0.1) is 23.7 Å². The predicted octanol–water partition coefficient (Wildman–Crippen LogP) is 13.4. The monoisotopic (exact) mass is 774 g/mol. The van der Waals surface area contributed by atoms with Gasteiger partial charge in [0.1, 0.15) is 0 Å². The Labute approximate surface area is 341 Å². The van der Waals surface area contributed by atoms with E-state index in [0.717, 1.165) is 70.7 Å². The maximum absolute atomic E-state index is 14.8. The van der Waals surface area contributed by atoms with Gasteiger partial charge >= 0.3 is 0 Å². The van der Waals surface area contributed by atoms with Crippen molar-refractivity contribution in [2.75, 3.05) is 4.90 Å². The summed E-state index contributed by atoms with van der Waals surface area (Å²) in [5, 5.41) is 2.47. The highest BCUT2D eigenvalue weighted by molar-refractivity contribution is 7.91. The number of rotatable bonds is 5. The van der Waals surface area contributed by atoms with Crippen molar-refractivity contribution in [3.8, 4) is 16.8 Å². The molecule has 0 N–H and O–H groups in total. The lowest BCUT2D eigenvalue weighted by Crippen LogP contribution is -2.54. The number of anilines is 3. The molecule has 2 aliphatic carbocycles. The number of nitrogens with zero attached hydrogens (tertiary/aromatic N) is 2. The van der Waals surface area contributed by atoms with Gasteiger partial charge in [-0.2, -0.15) is 0 Å². The highest BCUT2D eigenvalue weighted by atomic mass is 32.2. The van der Waals surface area contributed by atoms with Gasteiger partial charge in [0.05, 0.1) is 26.5 Å². The Kier molecular flexibility index (Phi) is 8.10. The number of aromatic nitrogens is 1. The van der Waals surface area contributed by atoms with Crippen molar-refractivity contribution in [1.29, 1.82) is 0 Å². The molecule has 4 nitrogen and oxygen atoms in total. The lowest BCUT2D eigenvalue weighted by molar-refractivity contribution is 0.0231. The Balaban J connectivity index is 1.15. The maximum atomic E-state index is 14.8. The highest BCUT2D eigenvalue weighted by Gasteiger charge is 2.59. The van der Waals surface area contributed by atoms with Crippen LogP contribution < -0.4 is 4.90 Å². The average Bonchev–Trinajstić information content (AvgIpc) is 3.58. The molecule has 0 saturated heterocycles. The third-order valence-corrected chi connectivity index (χ3v) is 15.7. The highest BCUT2D eigenvalue weighted by Crippen LogP contribution is 2.64. The van der Waals surface area contributed by atoms with Crippen molar-refractivity contribution >= 4 is 48.7 Å². The molecule has 1 aromatic heterocycles. The molecule has 1 aliphatic heterocycles. The van der Waals surface area contributed by atoms with Gasteiger partial charge in [0.15, 0.2) is 0 Å². The number of sulfone groups is 1. The van der Waals surface area contributed by atoms with Crippen molar-refractivity contribution in [3.63, 3.8) is 0 Å². The van der Waals surface area contributed by atoms with Gasteiger partial charge in [-0.1, -0.05) is 117 Å². The summed E-state index contributed by atoms with van der Waals surface area (Å²) in [6.07, 6.45) is 4.40. The standard InChI is InChI=1S/C53H46N2O2S/c1-35-30-38-32-36(2)33-39(31-35)53(38)46-19-9-13-23-51(46)58(56,57)52-29-28-42(34-47(52)53)54(48-20-10-6-16-43(48)37-14-4-3-5-15-37)40-24-26-41(27-25-40)55-49-21-11-7-17-44(49)45-18-8-12-22-50(45)55/h3-29,34-36,38-39H,30-33H2,1-2H3/t35?,36?,38-,39-,53?. The molecule has 2 fully saturated rings. The lowest BCUT2D eigenvalue weighted by Gasteiger charge is -2.59. The third kappa shape index (κ3) is 5.15. The molecule has 2 saturated carbocycles. The third-order valence-electron chi connectivity index (χ3n) is 13.8. The molecule has 0 amide bonds. The van der Waals surface area contributed by atoms with Gasteiger partial charge in [0.25, 0.3) is 0 Å². The molecule has 3 aliphatic rings. The smallest absolute Gasteiger partial charge is 0.207 e. The summed E-state index contributed by atoms with van der Waals surface area (Å²) in [5.41, 5.74) is 10.3. The van der Waals surface area contributed by atoms with E-state index in [1.165, 1.54) is 21.8 Å². The van der Waals surface area contributed by atoms with Crippen LogP contribution in [0.1, 0.15) is 50.7 Å². The first-order valence-corrected chi connectivity index (χ1v) is 22.3. The number of hydrogen-bond acceptors (Lipinski definition) is 3. The number of benzene rings is 7. The van der Waals surface area contributed by atoms with Crippen molar-refractivity contribution < 1.29 is 8.42 Å². The first-order valence-electron chi connectivity index (χ1n) is 20.9. The van der Waals surface area contributed by atoms with E-state index in [4.69, 9.17) is 0 Å². The fourth-order valence-corrected chi connectivity index (χ4v) is 13.5. The van der Waals surface area contributed by atoms with E-state index in [1.807, 2.05) is 24.3 Å². The number of fused-ring (bicyclic) bond motifs is 5. The molecule has 0 radical (unpaired) electrons. The fraction of sp³-hybridized carbons (Fsp3) is 0.208. The van der Waals surface area contributed by atoms with E-state index in [1.54, 1.807) is 0 Å². The lowest BCUT2D eigenvalue weighted by atomic mass is 9.46. The van der Waals surface area contributed by atoms with E-state index >= 15 is 0 Å². The molecule has 1 spiro atoms. The van der Waals surface area contributed by atoms with Crippen LogP contribution >= 0.6 is 0 Å². The number of hydrogen-bond donors (Lipinski definition) is 0. The van der Waals surface area contributed by atoms with E-state index in [-0.39, 0.29) is 5.41 Å². The van der Waals surface area contributed by atoms with Gasteiger partial charge in [-0.3, -0.25) is 0 Å². The zero-order valence-corrected chi connectivity index (χ0v) is 33.7. The van der Waals surface area contributed by atoms with Gasteiger partial charge in [-0.25, -0.2) is 8.42 Å². The Morgan fingerprint density at radius 2 is 1.07 bits per heavy atom. The predicted molar refractivity (Wildman–Crippen MR) is 237 cm³/mol. The zero-order valence-electron chi connectivity index (χ0n) is 32.9. The van der Waals surface area contributed by atoms with E-state index in [0.29, 0.717) is 33.5 Å². The summed E-state index contributed by atoms with van der Waals surface area (Å²) >= 11 is 0. The first-order chi connectivity index (χ1) is 28.3. The van der Waals surface area contributed by atoms with Crippen molar-refractivity contribution in [2.24, 2.45) is 23.7 Å². The van der Waals surface area contributed by atoms with Crippen molar-refractivity contribution in [2.45, 2.75) is 54.7 Å². The normalized spacial score (nSPS) is 23.1. The minimum Gasteiger partial charge on any atom is -0.310 e. The molecule has 5 heteroatoms. The zero-order chi connectivity index (χ0) is 39.2. The van der Waals surface area contributed by atoms with Gasteiger partial charge in [0.2, 0.25) is 9.84 Å². The summed E-state index contributed by atoms with van der Waals surface area (Å²) in [7, 11) is -3.75. The topological polar surface area (TPSA) is 42.3 Å². The van der Waals surface area contributed by atoms with Crippen LogP contribution in [0.15, 0.2) is 180 Å². The van der Waals surface area contributed by atoms with Crippen LogP contribution in [-0.4, -0.2) is 13.0 Å². The molecule has 0 unspecified atom stereocenters. The second kappa shape index (κ2) is 13.3. The molecule has 8 aromatic rings. The second-order valence-electron chi connectivity index (χ2n) is 17.2. The van der Waals surface area contributed by atoms with Gasteiger partial charge in [-0.15, -0.1) is 0 Å².